The van der Waals surface area contributed by atoms with Crippen LogP contribution in [0.2, 0.25) is 0 Å². The van der Waals surface area contributed by atoms with Gasteiger partial charge >= 0.3 is 183 Å². The van der Waals surface area contributed by atoms with Crippen LogP contribution in [-0.2, 0) is 50.1 Å². The van der Waals surface area contributed by atoms with E-state index >= 15 is 0 Å². The Balaban J connectivity index is 1.67. The number of phenolic OH excluding ortho intramolecular Hbond substituents is 1. The van der Waals surface area contributed by atoms with Gasteiger partial charge in [-0.1, -0.05) is 0 Å². The molecular weight excluding hydrogens is 467 g/mol. The van der Waals surface area contributed by atoms with E-state index in [9.17, 15) is 14.3 Å². The predicted molar refractivity (Wildman–Crippen MR) is 107 cm³/mol. The Kier molecular flexibility index (Phi) is 3.91. The number of ether oxygens (including phenoxy) is 1. The summed E-state index contributed by atoms with van der Waals surface area (Å²) in [6.45, 7) is 2.80. The van der Waals surface area contributed by atoms with Gasteiger partial charge < -0.3 is 0 Å². The summed E-state index contributed by atoms with van der Waals surface area (Å²) in [7, 11) is 0. The molecule has 3 aliphatic rings. The van der Waals surface area contributed by atoms with Crippen molar-refractivity contribution >= 4 is 15.0 Å². The fourth-order valence-corrected chi connectivity index (χ4v) is 5.98. The molecule has 152 valence electrons. The molecule has 0 amide bonds. The Bertz CT molecular complexity index is 1360. The first-order valence-corrected chi connectivity index (χ1v) is 11.2. The zero-order chi connectivity index (χ0) is 20.7. The summed E-state index contributed by atoms with van der Waals surface area (Å²) in [5.74, 6) is 0.150. The molecule has 3 aromatic rings. The van der Waals surface area contributed by atoms with E-state index < -0.39 is 5.82 Å². The molecule has 0 saturated carbocycles. The summed E-state index contributed by atoms with van der Waals surface area (Å²) in [5.41, 5.74) is 6.45. The van der Waals surface area contributed by atoms with Crippen LogP contribution in [-0.4, -0.2) is 18.7 Å². The Morgan fingerprint density at radius 1 is 1.27 bits per heavy atom. The molecule has 5 nitrogen and oxygen atoms in total. The van der Waals surface area contributed by atoms with E-state index in [2.05, 4.69) is 13.0 Å². The average molecular weight is 485 g/mol. The SMILES string of the molecule is CC[C-]1[C](=[Mo])OCc2c1cc1n(c2=O)Cc2c-1nc1cc(F)c(O)c3c1c2CCC3. The van der Waals surface area contributed by atoms with Crippen LogP contribution >= 0.6 is 0 Å². The maximum atomic E-state index is 14.4. The van der Waals surface area contributed by atoms with Crippen molar-refractivity contribution in [2.75, 3.05) is 0 Å². The number of aromatic hydroxyl groups is 1. The van der Waals surface area contributed by atoms with Crippen molar-refractivity contribution in [2.45, 2.75) is 45.8 Å². The van der Waals surface area contributed by atoms with Crippen LogP contribution < -0.4 is 5.56 Å². The second-order valence-corrected chi connectivity index (χ2v) is 8.98. The number of rotatable bonds is 1. The van der Waals surface area contributed by atoms with E-state index in [1.54, 1.807) is 4.57 Å². The van der Waals surface area contributed by atoms with Crippen LogP contribution in [0, 0.1) is 11.7 Å². The molecule has 1 N–H and O–H groups in total. The van der Waals surface area contributed by atoms with Crippen molar-refractivity contribution < 1.29 is 33.6 Å². The van der Waals surface area contributed by atoms with Crippen molar-refractivity contribution in [3.05, 3.63) is 62.0 Å². The van der Waals surface area contributed by atoms with Gasteiger partial charge in [0.2, 0.25) is 0 Å². The van der Waals surface area contributed by atoms with Gasteiger partial charge in [-0.2, -0.15) is 0 Å². The van der Waals surface area contributed by atoms with E-state index in [-0.39, 0.29) is 17.9 Å². The van der Waals surface area contributed by atoms with Crippen LogP contribution in [0.15, 0.2) is 16.9 Å². The number of fused-ring (bicyclic) bond motifs is 5. The second kappa shape index (κ2) is 6.35. The fraction of sp³-hybridized carbons (Fsp3) is 0.304. The van der Waals surface area contributed by atoms with Crippen LogP contribution in [0.4, 0.5) is 4.39 Å². The topological polar surface area (TPSA) is 64.4 Å². The summed E-state index contributed by atoms with van der Waals surface area (Å²) < 4.78 is 22.8. The minimum absolute atomic E-state index is 0.0403. The van der Waals surface area contributed by atoms with Crippen LogP contribution in [0.3, 0.4) is 0 Å². The van der Waals surface area contributed by atoms with Gasteiger partial charge in [0.1, 0.15) is 0 Å². The first-order valence-electron chi connectivity index (χ1n) is 10.2. The molecular formula is C23H18FMoN2O3-. The summed E-state index contributed by atoms with van der Waals surface area (Å²) >= 11 is 1.86. The van der Waals surface area contributed by atoms with E-state index in [4.69, 9.17) is 9.72 Å². The number of benzene rings is 1. The molecule has 6 rings (SSSR count). The van der Waals surface area contributed by atoms with Crippen molar-refractivity contribution in [2.24, 2.45) is 0 Å². The van der Waals surface area contributed by atoms with E-state index in [1.165, 1.54) is 6.07 Å². The molecule has 1 aromatic carbocycles. The van der Waals surface area contributed by atoms with Crippen LogP contribution in [0.1, 0.15) is 47.6 Å². The Labute approximate surface area is 182 Å². The molecule has 0 fully saturated rings. The first kappa shape index (κ1) is 18.5. The standard InChI is InChI=1S/C23H18FN2O3.Mo/c1-2-11-9-29-10-16-14(11)6-19-21-15(8-26(19)23(16)28)12-4-3-5-13-20(12)18(25-21)7-17(24)22(13)27;/h6-7,27H,2-5,8,10H2,1H3;/q-1;. The quantitative estimate of drug-likeness (QED) is 0.332. The number of hydrogen-bond acceptors (Lipinski definition) is 4. The zero-order valence-corrected chi connectivity index (χ0v) is 18.3. The van der Waals surface area contributed by atoms with Crippen molar-refractivity contribution in [1.29, 1.82) is 0 Å². The Hall–Kier alpha value is -2.30. The van der Waals surface area contributed by atoms with Crippen molar-refractivity contribution in [3.63, 3.8) is 0 Å². The summed E-state index contributed by atoms with van der Waals surface area (Å²) in [5, 5.41) is 11.1. The predicted octanol–water partition coefficient (Wildman–Crippen LogP) is 3.30. The van der Waals surface area contributed by atoms with Gasteiger partial charge in [-0.15, -0.1) is 0 Å². The molecule has 0 atom stereocenters. The van der Waals surface area contributed by atoms with Crippen LogP contribution in [0.25, 0.3) is 22.3 Å². The molecule has 0 bridgehead atoms. The van der Waals surface area contributed by atoms with E-state index in [1.807, 2.05) is 19.4 Å². The molecule has 30 heavy (non-hydrogen) atoms. The van der Waals surface area contributed by atoms with Crippen molar-refractivity contribution in [3.8, 4) is 17.1 Å². The normalized spacial score (nSPS) is 16.6. The van der Waals surface area contributed by atoms with E-state index in [0.29, 0.717) is 29.6 Å². The molecule has 0 radical (unpaired) electrons. The number of aromatic nitrogens is 2. The number of nitrogens with zero attached hydrogens (tertiary/aromatic N) is 2. The summed E-state index contributed by atoms with van der Waals surface area (Å²) in [6, 6.07) is 3.37. The van der Waals surface area contributed by atoms with Gasteiger partial charge in [0.25, 0.3) is 0 Å². The summed E-state index contributed by atoms with van der Waals surface area (Å²) in [4.78, 5) is 18.2. The van der Waals surface area contributed by atoms with Gasteiger partial charge in [-0.3, -0.25) is 0 Å². The molecule has 0 spiro atoms. The van der Waals surface area contributed by atoms with Gasteiger partial charge in [0.15, 0.2) is 0 Å². The monoisotopic (exact) mass is 487 g/mol. The molecule has 7 heteroatoms. The molecule has 2 aliphatic heterocycles. The third kappa shape index (κ3) is 2.29. The van der Waals surface area contributed by atoms with Gasteiger partial charge in [-0.25, -0.2) is 0 Å². The number of hydrogen-bond donors (Lipinski definition) is 1. The third-order valence-electron chi connectivity index (χ3n) is 6.60. The minimum atomic E-state index is -0.636. The van der Waals surface area contributed by atoms with Gasteiger partial charge in [0, 0.05) is 0 Å². The number of phenols is 1. The molecule has 4 heterocycles. The van der Waals surface area contributed by atoms with Crippen molar-refractivity contribution in [1.82, 2.24) is 9.55 Å². The zero-order valence-electron chi connectivity index (χ0n) is 16.3. The van der Waals surface area contributed by atoms with Crippen LogP contribution in [0.5, 0.6) is 5.75 Å². The Morgan fingerprint density at radius 3 is 2.87 bits per heavy atom. The number of pyridine rings is 2. The first-order chi connectivity index (χ1) is 14.5. The van der Waals surface area contributed by atoms with Gasteiger partial charge in [-0.05, 0) is 0 Å². The fourth-order valence-electron chi connectivity index (χ4n) is 5.21. The molecule has 0 unspecified atom stereocenters. The molecule has 2 aromatic heterocycles. The van der Waals surface area contributed by atoms with Gasteiger partial charge in [0.05, 0.1) is 0 Å². The second-order valence-electron chi connectivity index (χ2n) is 8.07. The number of aryl methyl sites for hydroxylation is 2. The third-order valence-corrected chi connectivity index (χ3v) is 7.50. The molecule has 1 aliphatic carbocycles. The summed E-state index contributed by atoms with van der Waals surface area (Å²) in [6.07, 6.45) is 3.09. The maximum absolute atomic E-state index is 14.4. The van der Waals surface area contributed by atoms with E-state index in [0.717, 1.165) is 62.7 Å². The Morgan fingerprint density at radius 2 is 2.07 bits per heavy atom. The number of halogens is 1. The molecule has 0 saturated heterocycles. The average Bonchev–Trinajstić information content (AvgIpc) is 3.11.